The van der Waals surface area contributed by atoms with Crippen molar-refractivity contribution in [3.8, 4) is 0 Å². The van der Waals surface area contributed by atoms with Gasteiger partial charge in [-0.05, 0) is 17.9 Å². The van der Waals surface area contributed by atoms with Crippen LogP contribution in [0.1, 0.15) is 37.4 Å². The van der Waals surface area contributed by atoms with Crippen molar-refractivity contribution in [1.29, 1.82) is 0 Å². The van der Waals surface area contributed by atoms with Crippen LogP contribution in [0.5, 0.6) is 0 Å². The number of rotatable bonds is 6. The summed E-state index contributed by atoms with van der Waals surface area (Å²) in [5, 5.41) is 3.71. The number of carbonyl (C=O) groups excluding carboxylic acids is 1. The maximum Gasteiger partial charge on any atom is 0.263 e. The number of amides is 1. The Kier molecular flexibility index (Phi) is 5.66. The normalized spacial score (nSPS) is 11.1. The minimum atomic E-state index is -0.109. The van der Waals surface area contributed by atoms with Crippen LogP contribution < -0.4 is 16.0 Å². The molecule has 5 heteroatoms. The van der Waals surface area contributed by atoms with E-state index in [0.29, 0.717) is 22.4 Å². The van der Waals surface area contributed by atoms with Crippen LogP contribution >= 0.6 is 11.3 Å². The first-order chi connectivity index (χ1) is 8.85. The van der Waals surface area contributed by atoms with Crippen LogP contribution in [0.15, 0.2) is 6.07 Å². The highest BCUT2D eigenvalue weighted by atomic mass is 32.1. The Bertz CT molecular complexity index is 416. The molecule has 0 aliphatic rings. The number of hydrogen-bond acceptors (Lipinski definition) is 4. The molecule has 4 nitrogen and oxygen atoms in total. The maximum absolute atomic E-state index is 11.7. The second kappa shape index (κ2) is 6.80. The second-order valence-electron chi connectivity index (χ2n) is 5.64. The Morgan fingerprint density at radius 3 is 2.26 bits per heavy atom. The summed E-state index contributed by atoms with van der Waals surface area (Å²) in [6.07, 6.45) is 0. The van der Waals surface area contributed by atoms with Gasteiger partial charge in [0.1, 0.15) is 4.88 Å². The van der Waals surface area contributed by atoms with Crippen LogP contribution in [0, 0.1) is 11.8 Å². The molecule has 0 atom stereocenters. The van der Waals surface area contributed by atoms with Crippen molar-refractivity contribution >= 4 is 27.9 Å². The lowest BCUT2D eigenvalue weighted by molar-refractivity contribution is 0.0968. The van der Waals surface area contributed by atoms with E-state index in [4.69, 9.17) is 5.73 Å². The van der Waals surface area contributed by atoms with E-state index in [1.54, 1.807) is 7.05 Å². The first-order valence-electron chi connectivity index (χ1n) is 6.71. The molecule has 0 aromatic carbocycles. The van der Waals surface area contributed by atoms with Crippen molar-refractivity contribution in [2.45, 2.75) is 27.7 Å². The van der Waals surface area contributed by atoms with E-state index in [1.165, 1.54) is 11.3 Å². The van der Waals surface area contributed by atoms with E-state index in [1.807, 2.05) is 6.07 Å². The van der Waals surface area contributed by atoms with Gasteiger partial charge in [0, 0.05) is 20.1 Å². The highest BCUT2D eigenvalue weighted by Gasteiger charge is 2.18. The molecule has 0 aliphatic carbocycles. The molecule has 108 valence electrons. The summed E-state index contributed by atoms with van der Waals surface area (Å²) in [6.45, 7) is 10.7. The third kappa shape index (κ3) is 4.42. The van der Waals surface area contributed by atoms with Crippen LogP contribution in [-0.2, 0) is 0 Å². The van der Waals surface area contributed by atoms with Gasteiger partial charge in [-0.3, -0.25) is 4.79 Å². The molecule has 0 radical (unpaired) electrons. The predicted octanol–water partition coefficient (Wildman–Crippen LogP) is 2.81. The Labute approximate surface area is 120 Å². The predicted molar refractivity (Wildman–Crippen MR) is 84.0 cm³/mol. The maximum atomic E-state index is 11.7. The summed E-state index contributed by atoms with van der Waals surface area (Å²) in [6, 6.07) is 1.92. The van der Waals surface area contributed by atoms with E-state index in [-0.39, 0.29) is 5.91 Å². The van der Waals surface area contributed by atoms with Gasteiger partial charge in [-0.15, -0.1) is 11.3 Å². The topological polar surface area (TPSA) is 58.4 Å². The van der Waals surface area contributed by atoms with E-state index < -0.39 is 0 Å². The smallest absolute Gasteiger partial charge is 0.263 e. The second-order valence-corrected chi connectivity index (χ2v) is 6.67. The number of anilines is 2. The molecule has 0 fully saturated rings. The zero-order valence-electron chi connectivity index (χ0n) is 12.5. The summed E-state index contributed by atoms with van der Waals surface area (Å²) in [5.41, 5.74) is 6.51. The van der Waals surface area contributed by atoms with Crippen molar-refractivity contribution in [3.63, 3.8) is 0 Å². The Hall–Kier alpha value is -1.23. The molecule has 0 saturated carbocycles. The Morgan fingerprint density at radius 1 is 1.32 bits per heavy atom. The van der Waals surface area contributed by atoms with Gasteiger partial charge in [-0.25, -0.2) is 0 Å². The highest BCUT2D eigenvalue weighted by molar-refractivity contribution is 7.18. The zero-order chi connectivity index (χ0) is 14.6. The van der Waals surface area contributed by atoms with Crippen molar-refractivity contribution in [2.24, 2.45) is 11.8 Å². The lowest BCUT2D eigenvalue weighted by Gasteiger charge is -2.26. The van der Waals surface area contributed by atoms with Gasteiger partial charge in [-0.2, -0.15) is 0 Å². The van der Waals surface area contributed by atoms with Gasteiger partial charge in [0.25, 0.3) is 5.91 Å². The molecule has 3 N–H and O–H groups in total. The van der Waals surface area contributed by atoms with Crippen LogP contribution in [0.4, 0.5) is 10.7 Å². The molecule has 0 unspecified atom stereocenters. The molecule has 1 aromatic rings. The first-order valence-corrected chi connectivity index (χ1v) is 7.53. The summed E-state index contributed by atoms with van der Waals surface area (Å²) in [7, 11) is 1.63. The average molecular weight is 283 g/mol. The lowest BCUT2D eigenvalue weighted by Crippen LogP contribution is -2.30. The molecule has 1 aromatic heterocycles. The highest BCUT2D eigenvalue weighted by Crippen LogP contribution is 2.33. The molecule has 1 amide bonds. The summed E-state index contributed by atoms with van der Waals surface area (Å²) >= 11 is 1.47. The van der Waals surface area contributed by atoms with E-state index >= 15 is 0 Å². The zero-order valence-corrected chi connectivity index (χ0v) is 13.3. The molecule has 1 heterocycles. The number of thiophene rings is 1. The fourth-order valence-corrected chi connectivity index (χ4v) is 3.02. The average Bonchev–Trinajstić information content (AvgIpc) is 2.68. The number of nitrogens with two attached hydrogens (primary N) is 1. The van der Waals surface area contributed by atoms with Gasteiger partial charge in [0.15, 0.2) is 0 Å². The molecular formula is C14H25N3OS. The van der Waals surface area contributed by atoms with Gasteiger partial charge in [-0.1, -0.05) is 27.7 Å². The van der Waals surface area contributed by atoms with E-state index in [2.05, 4.69) is 37.9 Å². The first kappa shape index (κ1) is 15.8. The molecule has 0 saturated heterocycles. The third-order valence-corrected chi connectivity index (χ3v) is 3.87. The molecule has 0 aliphatic heterocycles. The molecule has 1 rings (SSSR count). The standard InChI is InChI=1S/C14H25N3OS/c1-9(2)7-17(8-10(3)4)12-6-11(15)13(19-12)14(18)16-5/h6,9-10H,7-8,15H2,1-5H3,(H,16,18). The van der Waals surface area contributed by atoms with Crippen LogP contribution in [0.25, 0.3) is 0 Å². The summed E-state index contributed by atoms with van der Waals surface area (Å²) < 4.78 is 0. The number of nitrogen functional groups attached to an aromatic ring is 1. The SMILES string of the molecule is CNC(=O)c1sc(N(CC(C)C)CC(C)C)cc1N. The molecule has 0 spiro atoms. The van der Waals surface area contributed by atoms with Crippen molar-refractivity contribution < 1.29 is 4.79 Å². The number of carbonyl (C=O) groups is 1. The van der Waals surface area contributed by atoms with Crippen LogP contribution in [0.3, 0.4) is 0 Å². The molecule has 0 bridgehead atoms. The van der Waals surface area contributed by atoms with Crippen molar-refractivity contribution in [2.75, 3.05) is 30.8 Å². The summed E-state index contributed by atoms with van der Waals surface area (Å²) in [5.74, 6) is 1.04. The Balaban J connectivity index is 2.99. The van der Waals surface area contributed by atoms with Gasteiger partial charge in [0.05, 0.1) is 10.7 Å². The molecular weight excluding hydrogens is 258 g/mol. The minimum Gasteiger partial charge on any atom is -0.397 e. The van der Waals surface area contributed by atoms with E-state index in [9.17, 15) is 4.79 Å². The third-order valence-electron chi connectivity index (χ3n) is 2.66. The fourth-order valence-electron chi connectivity index (χ4n) is 1.97. The van der Waals surface area contributed by atoms with Gasteiger partial charge < -0.3 is 16.0 Å². The largest absolute Gasteiger partial charge is 0.397 e. The number of nitrogens with zero attached hydrogens (tertiary/aromatic N) is 1. The monoisotopic (exact) mass is 283 g/mol. The lowest BCUT2D eigenvalue weighted by atomic mass is 10.1. The minimum absolute atomic E-state index is 0.109. The van der Waals surface area contributed by atoms with Crippen molar-refractivity contribution in [1.82, 2.24) is 5.32 Å². The van der Waals surface area contributed by atoms with Crippen LogP contribution in [-0.4, -0.2) is 26.0 Å². The van der Waals surface area contributed by atoms with Crippen molar-refractivity contribution in [3.05, 3.63) is 10.9 Å². The fraction of sp³-hybridized carbons (Fsp3) is 0.643. The van der Waals surface area contributed by atoms with E-state index in [0.717, 1.165) is 18.1 Å². The Morgan fingerprint density at radius 2 is 1.84 bits per heavy atom. The number of nitrogens with one attached hydrogen (secondary N) is 1. The number of hydrogen-bond donors (Lipinski definition) is 2. The quantitative estimate of drug-likeness (QED) is 0.844. The molecule has 19 heavy (non-hydrogen) atoms. The van der Waals surface area contributed by atoms with Crippen LogP contribution in [0.2, 0.25) is 0 Å². The van der Waals surface area contributed by atoms with Gasteiger partial charge >= 0.3 is 0 Å². The summed E-state index contributed by atoms with van der Waals surface area (Å²) in [4.78, 5) is 14.6. The van der Waals surface area contributed by atoms with Gasteiger partial charge in [0.2, 0.25) is 0 Å².